The largest absolute Gasteiger partial charge is 0.496 e. The topological polar surface area (TPSA) is 443 Å². The zero-order valence-corrected chi connectivity index (χ0v) is 51.7. The SMILES string of the molecule is COC(=O)CCC(=O)N[C@@H](CCCCN)C(=O)Nc1ccc(OC)c(C(=O)N[C@@H](CCCCN)C(=O)Nc2ccc(OC)c(C(=O)N[C@@H](CCCCN)C(=O)Nc3ccc(OC)c(C(=O)N[C@@H](CCCCCN)C(=O)Nc4ccc(OC)c(C(N)=O)c4)c3)c2)c1. The maximum absolute atomic E-state index is 14.3. The number of hydrogen-bond acceptors (Lipinski definition) is 19. The number of carbonyl (C=O) groups is 10. The van der Waals surface area contributed by atoms with Crippen LogP contribution in [0.25, 0.3) is 0 Å². The van der Waals surface area contributed by atoms with Gasteiger partial charge in [0.1, 0.15) is 47.2 Å². The van der Waals surface area contributed by atoms with Crippen LogP contribution < -0.4 is 90.2 Å². The molecule has 0 saturated heterocycles. The van der Waals surface area contributed by atoms with Crippen molar-refractivity contribution in [2.24, 2.45) is 28.7 Å². The van der Waals surface area contributed by atoms with Crippen molar-refractivity contribution >= 4 is 81.9 Å². The molecule has 0 bridgehead atoms. The van der Waals surface area contributed by atoms with Gasteiger partial charge in [-0.1, -0.05) is 12.8 Å². The first-order chi connectivity index (χ1) is 43.3. The number of primary amides is 1. The Bertz CT molecular complexity index is 3110. The Balaban J connectivity index is 1.56. The molecule has 4 atom stereocenters. The molecule has 28 nitrogen and oxygen atoms in total. The summed E-state index contributed by atoms with van der Waals surface area (Å²) < 4.78 is 26.4. The van der Waals surface area contributed by atoms with E-state index in [2.05, 4.69) is 47.3 Å². The third-order valence-corrected chi connectivity index (χ3v) is 14.2. The van der Waals surface area contributed by atoms with Gasteiger partial charge in [-0.2, -0.15) is 0 Å². The summed E-state index contributed by atoms with van der Waals surface area (Å²) in [5, 5.41) is 22.0. The number of unbranched alkanes of at least 4 members (excludes halogenated alkanes) is 5. The van der Waals surface area contributed by atoms with Gasteiger partial charge in [0.05, 0.1) is 64.2 Å². The van der Waals surface area contributed by atoms with E-state index in [9.17, 15) is 47.9 Å². The van der Waals surface area contributed by atoms with E-state index in [4.69, 9.17) is 47.6 Å². The second-order valence-corrected chi connectivity index (χ2v) is 20.7. The maximum atomic E-state index is 14.3. The first kappa shape index (κ1) is 73.1. The molecular formula is C62H87N13O15. The highest BCUT2D eigenvalue weighted by Gasteiger charge is 2.29. The van der Waals surface area contributed by atoms with Crippen LogP contribution in [-0.4, -0.2) is 145 Å². The van der Waals surface area contributed by atoms with E-state index in [0.717, 1.165) is 0 Å². The highest BCUT2D eigenvalue weighted by Crippen LogP contribution is 2.28. The summed E-state index contributed by atoms with van der Waals surface area (Å²) in [6.07, 6.45) is 5.04. The first-order valence-electron chi connectivity index (χ1n) is 29.6. The van der Waals surface area contributed by atoms with Gasteiger partial charge in [-0.05, 0) is 170 Å². The molecule has 4 aromatic carbocycles. The predicted molar refractivity (Wildman–Crippen MR) is 338 cm³/mol. The zero-order chi connectivity index (χ0) is 66.1. The van der Waals surface area contributed by atoms with E-state index in [1.54, 1.807) is 0 Å². The van der Waals surface area contributed by atoms with Crippen molar-refractivity contribution < 1.29 is 71.6 Å². The Kier molecular flexibility index (Phi) is 31.5. The van der Waals surface area contributed by atoms with E-state index >= 15 is 0 Å². The van der Waals surface area contributed by atoms with Gasteiger partial charge in [-0.15, -0.1) is 0 Å². The summed E-state index contributed by atoms with van der Waals surface area (Å²) in [7, 11) is 6.58. The molecule has 490 valence electrons. The predicted octanol–water partition coefficient (Wildman–Crippen LogP) is 3.31. The number of anilines is 4. The van der Waals surface area contributed by atoms with Gasteiger partial charge >= 0.3 is 5.97 Å². The third-order valence-electron chi connectivity index (χ3n) is 14.2. The quantitative estimate of drug-likeness (QED) is 0.0224. The van der Waals surface area contributed by atoms with Crippen molar-refractivity contribution in [2.45, 2.75) is 120 Å². The van der Waals surface area contributed by atoms with Crippen LogP contribution in [0.5, 0.6) is 23.0 Å². The monoisotopic (exact) mass is 1250 g/mol. The van der Waals surface area contributed by atoms with Crippen LogP contribution in [0.2, 0.25) is 0 Å². The van der Waals surface area contributed by atoms with Gasteiger partial charge < -0.3 is 94.9 Å². The minimum atomic E-state index is -1.19. The number of nitrogens with two attached hydrogens (primary N) is 5. The van der Waals surface area contributed by atoms with Crippen LogP contribution >= 0.6 is 0 Å². The van der Waals surface area contributed by atoms with Gasteiger partial charge in [0, 0.05) is 29.2 Å². The number of hydrogen-bond donors (Lipinski definition) is 13. The molecule has 0 heterocycles. The molecule has 0 fully saturated rings. The molecule has 0 aliphatic rings. The fourth-order valence-corrected chi connectivity index (χ4v) is 9.30. The van der Waals surface area contributed by atoms with Gasteiger partial charge in [0.2, 0.25) is 29.5 Å². The highest BCUT2D eigenvalue weighted by atomic mass is 16.5. The smallest absolute Gasteiger partial charge is 0.306 e. The molecule has 0 aliphatic heterocycles. The molecule has 0 saturated carbocycles. The summed E-state index contributed by atoms with van der Waals surface area (Å²) in [6, 6.07) is 12.7. The fraction of sp³-hybridized carbons (Fsp3) is 0.452. The molecule has 18 N–H and O–H groups in total. The number of carbonyl (C=O) groups excluding carboxylic acids is 10. The Morgan fingerprint density at radius 3 is 0.933 bits per heavy atom. The second-order valence-electron chi connectivity index (χ2n) is 20.7. The Morgan fingerprint density at radius 2 is 0.644 bits per heavy atom. The highest BCUT2D eigenvalue weighted by molar-refractivity contribution is 6.08. The van der Waals surface area contributed by atoms with Crippen LogP contribution in [-0.2, 0) is 33.5 Å². The van der Waals surface area contributed by atoms with Crippen LogP contribution in [0.3, 0.4) is 0 Å². The lowest BCUT2D eigenvalue weighted by molar-refractivity contribution is -0.142. The number of esters is 1. The lowest BCUT2D eigenvalue weighted by Crippen LogP contribution is -2.44. The van der Waals surface area contributed by atoms with E-state index in [1.807, 2.05) is 0 Å². The molecule has 0 aliphatic carbocycles. The van der Waals surface area contributed by atoms with Crippen molar-refractivity contribution in [2.75, 3.05) is 83.0 Å². The number of methoxy groups -OCH3 is 5. The standard InChI is InChI=1S/C62H87N13O15/c1-86-49-23-19-37(33-41(49)55(67)78)68-60(83)46(15-7-6-11-29-63)73-56(79)43-35-39(21-25-51(43)88-3)70-62(85)48(18-10-14-32-66)75-58(81)44-36-40(22-26-52(44)89-4)71-61(84)47(17-9-13-31-65)74-57(80)42-34-38(20-24-50(42)87-2)69-59(82)45(16-8-12-30-64)72-53(76)27-28-54(77)90-5/h19-26,33-36,45-48H,6-18,27-32,63-66H2,1-5H3,(H2,67,78)(H,68,83)(H,69,82)(H,70,85)(H,71,84)(H,72,76)(H,73,79)(H,74,80)(H,75,81)/t45-,46-,47-,48-/m0/s1. The summed E-state index contributed by atoms with van der Waals surface area (Å²) in [4.78, 5) is 135. The number of amides is 9. The van der Waals surface area contributed by atoms with Crippen LogP contribution in [0, 0.1) is 0 Å². The van der Waals surface area contributed by atoms with E-state index in [1.165, 1.54) is 108 Å². The third kappa shape index (κ3) is 23.3. The van der Waals surface area contributed by atoms with E-state index < -0.39 is 83.3 Å². The van der Waals surface area contributed by atoms with Crippen molar-refractivity contribution in [3.63, 3.8) is 0 Å². The Morgan fingerprint density at radius 1 is 0.367 bits per heavy atom. The van der Waals surface area contributed by atoms with Gasteiger partial charge in [-0.3, -0.25) is 47.9 Å². The summed E-state index contributed by atoms with van der Waals surface area (Å²) >= 11 is 0. The van der Waals surface area contributed by atoms with Gasteiger partial charge in [0.25, 0.3) is 23.6 Å². The second kappa shape index (κ2) is 38.8. The van der Waals surface area contributed by atoms with E-state index in [0.29, 0.717) is 84.0 Å². The maximum Gasteiger partial charge on any atom is 0.306 e. The lowest BCUT2D eigenvalue weighted by atomic mass is 10.0. The number of ether oxygens (including phenoxy) is 5. The van der Waals surface area contributed by atoms with Crippen LogP contribution in [0.1, 0.15) is 138 Å². The van der Waals surface area contributed by atoms with Crippen molar-refractivity contribution in [1.29, 1.82) is 0 Å². The van der Waals surface area contributed by atoms with Crippen molar-refractivity contribution in [1.82, 2.24) is 21.3 Å². The molecule has 0 radical (unpaired) electrons. The average molecular weight is 1250 g/mol. The van der Waals surface area contributed by atoms with Gasteiger partial charge in [0.15, 0.2) is 0 Å². The first-order valence-corrected chi connectivity index (χ1v) is 29.6. The molecule has 0 aromatic heterocycles. The summed E-state index contributed by atoms with van der Waals surface area (Å²) in [5.41, 5.74) is 29.0. The summed E-state index contributed by atoms with van der Waals surface area (Å²) in [5.74, 6) is -6.21. The molecule has 0 unspecified atom stereocenters. The molecule has 4 aromatic rings. The Hall–Kier alpha value is -9.38. The van der Waals surface area contributed by atoms with Crippen molar-refractivity contribution in [3.05, 3.63) is 95.1 Å². The molecule has 90 heavy (non-hydrogen) atoms. The minimum absolute atomic E-state index is 0.0301. The van der Waals surface area contributed by atoms with Crippen LogP contribution in [0.15, 0.2) is 72.8 Å². The van der Waals surface area contributed by atoms with E-state index in [-0.39, 0.29) is 107 Å². The molecule has 28 heteroatoms. The van der Waals surface area contributed by atoms with Crippen LogP contribution in [0.4, 0.5) is 22.7 Å². The zero-order valence-electron chi connectivity index (χ0n) is 51.7. The minimum Gasteiger partial charge on any atom is -0.496 e. The molecule has 0 spiro atoms. The average Bonchev–Trinajstić information content (AvgIpc) is 2.69. The van der Waals surface area contributed by atoms with Crippen molar-refractivity contribution in [3.8, 4) is 23.0 Å². The Labute approximate surface area is 523 Å². The lowest BCUT2D eigenvalue weighted by Gasteiger charge is -2.22. The molecular weight excluding hydrogens is 1170 g/mol. The number of benzene rings is 4. The number of rotatable bonds is 40. The van der Waals surface area contributed by atoms with Gasteiger partial charge in [-0.25, -0.2) is 0 Å². The number of nitrogens with one attached hydrogen (secondary N) is 8. The normalized spacial score (nSPS) is 12.1. The molecule has 4 rings (SSSR count). The molecule has 9 amide bonds. The fourth-order valence-electron chi connectivity index (χ4n) is 9.30. The summed E-state index contributed by atoms with van der Waals surface area (Å²) in [6.45, 7) is 1.38.